The zero-order valence-corrected chi connectivity index (χ0v) is 14.0. The van der Waals surface area contributed by atoms with Crippen LogP contribution in [0.2, 0.25) is 0 Å². The highest BCUT2D eigenvalue weighted by atomic mass is 33.1. The van der Waals surface area contributed by atoms with Crippen LogP contribution < -0.4 is 0 Å². The molecule has 108 valence electrons. The molecule has 18 heavy (non-hydrogen) atoms. The maximum atomic E-state index is 5.36. The van der Waals surface area contributed by atoms with Gasteiger partial charge in [0.05, 0.1) is 13.2 Å². The molecule has 0 aromatic carbocycles. The van der Waals surface area contributed by atoms with Gasteiger partial charge in [0.1, 0.15) is 0 Å². The zero-order valence-electron chi connectivity index (χ0n) is 12.4. The Kier molecular flexibility index (Phi) is 8.08. The molecule has 0 aromatic heterocycles. The molecule has 0 atom stereocenters. The van der Waals surface area contributed by atoms with E-state index >= 15 is 0 Å². The van der Waals surface area contributed by atoms with Gasteiger partial charge in [0.2, 0.25) is 0 Å². The van der Waals surface area contributed by atoms with Gasteiger partial charge in [-0.2, -0.15) is 0 Å². The van der Waals surface area contributed by atoms with E-state index in [0.29, 0.717) is 5.41 Å². The Balaban J connectivity index is 2.00. The van der Waals surface area contributed by atoms with Crippen molar-refractivity contribution in [1.29, 1.82) is 0 Å². The minimum absolute atomic E-state index is 0.477. The van der Waals surface area contributed by atoms with E-state index in [1.165, 1.54) is 24.5 Å². The van der Waals surface area contributed by atoms with E-state index in [1.54, 1.807) is 0 Å². The van der Waals surface area contributed by atoms with Crippen molar-refractivity contribution in [2.75, 3.05) is 44.4 Å². The molecule has 1 saturated heterocycles. The van der Waals surface area contributed by atoms with Gasteiger partial charge in [-0.25, -0.2) is 0 Å². The van der Waals surface area contributed by atoms with Crippen LogP contribution in [0.5, 0.6) is 0 Å². The van der Waals surface area contributed by atoms with Crippen LogP contribution in [-0.4, -0.2) is 49.3 Å². The average molecular weight is 292 g/mol. The first-order valence-corrected chi connectivity index (χ1v) is 9.53. The van der Waals surface area contributed by atoms with Gasteiger partial charge in [0, 0.05) is 31.1 Å². The Hall–Kier alpha value is 0.620. The summed E-state index contributed by atoms with van der Waals surface area (Å²) in [4.78, 5) is 2.51. The fraction of sp³-hybridized carbons (Fsp3) is 1.00. The van der Waals surface area contributed by atoms with Gasteiger partial charge < -0.3 is 4.74 Å². The summed E-state index contributed by atoms with van der Waals surface area (Å²) in [6.07, 6.45) is 1.32. The Morgan fingerprint density at radius 1 is 1.17 bits per heavy atom. The van der Waals surface area contributed by atoms with E-state index in [-0.39, 0.29) is 0 Å². The molecular weight excluding hydrogens is 262 g/mol. The molecule has 0 N–H and O–H groups in total. The second-order valence-electron chi connectivity index (χ2n) is 6.30. The van der Waals surface area contributed by atoms with Crippen molar-refractivity contribution in [3.8, 4) is 0 Å². The SMILES string of the molecule is CC(C)CC(C)(C)CSSCCN1CCOCC1. The number of morpholine rings is 1. The highest BCUT2D eigenvalue weighted by molar-refractivity contribution is 8.76. The van der Waals surface area contributed by atoms with Crippen molar-refractivity contribution < 1.29 is 4.74 Å². The number of ether oxygens (including phenoxy) is 1. The molecule has 0 unspecified atom stereocenters. The van der Waals surface area contributed by atoms with Crippen molar-refractivity contribution in [2.45, 2.75) is 34.1 Å². The Labute approximate surface area is 121 Å². The summed E-state index contributed by atoms with van der Waals surface area (Å²) < 4.78 is 5.36. The minimum Gasteiger partial charge on any atom is -0.379 e. The maximum Gasteiger partial charge on any atom is 0.0594 e. The monoisotopic (exact) mass is 291 g/mol. The normalized spacial score (nSPS) is 18.5. The molecule has 1 heterocycles. The largest absolute Gasteiger partial charge is 0.379 e. The van der Waals surface area contributed by atoms with E-state index in [9.17, 15) is 0 Å². The third kappa shape index (κ3) is 7.93. The second-order valence-corrected chi connectivity index (χ2v) is 8.88. The van der Waals surface area contributed by atoms with Gasteiger partial charge in [-0.1, -0.05) is 49.3 Å². The molecule has 1 rings (SSSR count). The summed E-state index contributed by atoms with van der Waals surface area (Å²) in [5.41, 5.74) is 0.477. The highest BCUT2D eigenvalue weighted by Crippen LogP contribution is 2.34. The van der Waals surface area contributed by atoms with Crippen LogP contribution >= 0.6 is 21.6 Å². The summed E-state index contributed by atoms with van der Waals surface area (Å²) in [7, 11) is 4.08. The zero-order chi connectivity index (χ0) is 13.4. The minimum atomic E-state index is 0.477. The molecular formula is C14H29NOS2. The third-order valence-corrected chi connectivity index (χ3v) is 5.86. The van der Waals surface area contributed by atoms with E-state index in [0.717, 1.165) is 32.2 Å². The quantitative estimate of drug-likeness (QED) is 0.498. The molecule has 0 aliphatic carbocycles. The van der Waals surface area contributed by atoms with Crippen LogP contribution in [0.4, 0.5) is 0 Å². The van der Waals surface area contributed by atoms with Gasteiger partial charge in [-0.05, 0) is 17.8 Å². The van der Waals surface area contributed by atoms with Crippen molar-refractivity contribution in [1.82, 2.24) is 4.90 Å². The number of hydrogen-bond acceptors (Lipinski definition) is 4. The molecule has 4 heteroatoms. The fourth-order valence-electron chi connectivity index (χ4n) is 2.42. The predicted molar refractivity (Wildman–Crippen MR) is 85.4 cm³/mol. The third-order valence-electron chi connectivity index (χ3n) is 3.09. The summed E-state index contributed by atoms with van der Waals surface area (Å²) in [5.74, 6) is 3.31. The highest BCUT2D eigenvalue weighted by Gasteiger charge is 2.19. The van der Waals surface area contributed by atoms with E-state index in [1.807, 2.05) is 21.6 Å². The van der Waals surface area contributed by atoms with E-state index < -0.39 is 0 Å². The van der Waals surface area contributed by atoms with Crippen LogP contribution in [0.15, 0.2) is 0 Å². The molecule has 0 aromatic rings. The Bertz CT molecular complexity index is 216. The second kappa shape index (κ2) is 8.72. The lowest BCUT2D eigenvalue weighted by Crippen LogP contribution is -2.37. The predicted octanol–water partition coefficient (Wildman–Crippen LogP) is 3.77. The Morgan fingerprint density at radius 2 is 1.83 bits per heavy atom. The van der Waals surface area contributed by atoms with Crippen LogP contribution in [-0.2, 0) is 4.74 Å². The van der Waals surface area contributed by atoms with Crippen molar-refractivity contribution in [3.05, 3.63) is 0 Å². The molecule has 2 nitrogen and oxygen atoms in total. The first-order valence-electron chi connectivity index (χ1n) is 7.04. The fourth-order valence-corrected chi connectivity index (χ4v) is 5.17. The van der Waals surface area contributed by atoms with Gasteiger partial charge in [0.15, 0.2) is 0 Å². The standard InChI is InChI=1S/C14H29NOS2/c1-13(2)11-14(3,4)12-18-17-10-7-15-5-8-16-9-6-15/h13H,5-12H2,1-4H3. The van der Waals surface area contributed by atoms with Gasteiger partial charge >= 0.3 is 0 Å². The van der Waals surface area contributed by atoms with Gasteiger partial charge in [-0.3, -0.25) is 4.90 Å². The summed E-state index contributed by atoms with van der Waals surface area (Å²) in [6.45, 7) is 14.7. The number of hydrogen-bond donors (Lipinski definition) is 0. The van der Waals surface area contributed by atoms with Crippen LogP contribution in [0.25, 0.3) is 0 Å². The van der Waals surface area contributed by atoms with Crippen LogP contribution in [0.1, 0.15) is 34.1 Å². The first kappa shape index (κ1) is 16.7. The molecule has 0 bridgehead atoms. The molecule has 0 amide bonds. The van der Waals surface area contributed by atoms with E-state index in [4.69, 9.17) is 4.74 Å². The summed E-state index contributed by atoms with van der Waals surface area (Å²) in [6, 6.07) is 0. The number of nitrogens with zero attached hydrogens (tertiary/aromatic N) is 1. The van der Waals surface area contributed by atoms with Crippen LogP contribution in [0, 0.1) is 11.3 Å². The number of rotatable bonds is 8. The van der Waals surface area contributed by atoms with Gasteiger partial charge in [-0.15, -0.1) is 0 Å². The van der Waals surface area contributed by atoms with Crippen molar-refractivity contribution >= 4 is 21.6 Å². The maximum absolute atomic E-state index is 5.36. The Morgan fingerprint density at radius 3 is 2.44 bits per heavy atom. The smallest absolute Gasteiger partial charge is 0.0594 e. The lowest BCUT2D eigenvalue weighted by atomic mass is 9.86. The molecule has 0 spiro atoms. The molecule has 1 aliphatic heterocycles. The van der Waals surface area contributed by atoms with E-state index in [2.05, 4.69) is 32.6 Å². The summed E-state index contributed by atoms with van der Waals surface area (Å²) >= 11 is 0. The lowest BCUT2D eigenvalue weighted by molar-refractivity contribution is 0.0410. The van der Waals surface area contributed by atoms with Crippen LogP contribution in [0.3, 0.4) is 0 Å². The molecule has 0 radical (unpaired) electrons. The van der Waals surface area contributed by atoms with Gasteiger partial charge in [0.25, 0.3) is 0 Å². The average Bonchev–Trinajstić information content (AvgIpc) is 2.28. The topological polar surface area (TPSA) is 12.5 Å². The first-order chi connectivity index (χ1) is 8.49. The van der Waals surface area contributed by atoms with Crippen molar-refractivity contribution in [3.63, 3.8) is 0 Å². The molecule has 1 aliphatic rings. The summed E-state index contributed by atoms with van der Waals surface area (Å²) in [5, 5.41) is 0. The van der Waals surface area contributed by atoms with Crippen molar-refractivity contribution in [2.24, 2.45) is 11.3 Å². The lowest BCUT2D eigenvalue weighted by Gasteiger charge is -2.27. The molecule has 1 fully saturated rings. The molecule has 0 saturated carbocycles.